The number of aryl methyl sites for hydroxylation is 1. The van der Waals surface area contributed by atoms with Gasteiger partial charge in [-0.2, -0.15) is 5.10 Å². The highest BCUT2D eigenvalue weighted by molar-refractivity contribution is 6.34. The number of aromatic nitrogens is 3. The third-order valence-electron chi connectivity index (χ3n) is 2.38. The summed E-state index contributed by atoms with van der Waals surface area (Å²) in [6, 6.07) is 5.11. The standard InChI is InChI=1S/C12H13Cl2N3O/c1-2-5-17-12(15-8-16-17)7-18-11-6-9(13)3-4-10(11)14/h3-4,6,8H,2,5,7H2,1H3. The van der Waals surface area contributed by atoms with E-state index in [0.29, 0.717) is 22.4 Å². The molecule has 0 N–H and O–H groups in total. The molecule has 1 aromatic carbocycles. The average Bonchev–Trinajstić information content (AvgIpc) is 2.78. The third kappa shape index (κ3) is 3.15. The number of halogens is 2. The van der Waals surface area contributed by atoms with E-state index in [0.717, 1.165) is 18.8 Å². The Morgan fingerprint density at radius 2 is 2.17 bits per heavy atom. The normalized spacial score (nSPS) is 10.6. The topological polar surface area (TPSA) is 39.9 Å². The predicted molar refractivity (Wildman–Crippen MR) is 71.1 cm³/mol. The Labute approximate surface area is 115 Å². The molecule has 2 aromatic rings. The highest BCUT2D eigenvalue weighted by Gasteiger charge is 2.07. The molecule has 6 heteroatoms. The summed E-state index contributed by atoms with van der Waals surface area (Å²) in [4.78, 5) is 4.15. The third-order valence-corrected chi connectivity index (χ3v) is 2.93. The highest BCUT2D eigenvalue weighted by atomic mass is 35.5. The van der Waals surface area contributed by atoms with Crippen molar-refractivity contribution in [3.05, 3.63) is 40.4 Å². The largest absolute Gasteiger partial charge is 0.484 e. The molecule has 1 aromatic heterocycles. The molecule has 0 spiro atoms. The lowest BCUT2D eigenvalue weighted by atomic mass is 10.3. The Kier molecular flexibility index (Phi) is 4.44. The van der Waals surface area contributed by atoms with E-state index >= 15 is 0 Å². The van der Waals surface area contributed by atoms with Crippen LogP contribution < -0.4 is 4.74 Å². The number of benzene rings is 1. The Morgan fingerprint density at radius 3 is 2.94 bits per heavy atom. The first-order valence-electron chi connectivity index (χ1n) is 5.65. The lowest BCUT2D eigenvalue weighted by molar-refractivity contribution is 0.286. The quantitative estimate of drug-likeness (QED) is 0.843. The number of hydrogen-bond acceptors (Lipinski definition) is 3. The van der Waals surface area contributed by atoms with Gasteiger partial charge in [-0.15, -0.1) is 0 Å². The number of nitrogens with zero attached hydrogens (tertiary/aromatic N) is 3. The van der Waals surface area contributed by atoms with Gasteiger partial charge in [-0.1, -0.05) is 30.1 Å². The van der Waals surface area contributed by atoms with Crippen LogP contribution in [-0.4, -0.2) is 14.8 Å². The van der Waals surface area contributed by atoms with Gasteiger partial charge in [0.15, 0.2) is 5.82 Å². The smallest absolute Gasteiger partial charge is 0.164 e. The van der Waals surface area contributed by atoms with Crippen molar-refractivity contribution >= 4 is 23.2 Å². The molecule has 0 fully saturated rings. The van der Waals surface area contributed by atoms with Crippen LogP contribution in [0, 0.1) is 0 Å². The Balaban J connectivity index is 2.06. The minimum atomic E-state index is 0.320. The molecule has 0 saturated carbocycles. The summed E-state index contributed by atoms with van der Waals surface area (Å²) in [7, 11) is 0. The van der Waals surface area contributed by atoms with Crippen molar-refractivity contribution in [1.82, 2.24) is 14.8 Å². The molecule has 2 rings (SSSR count). The van der Waals surface area contributed by atoms with E-state index in [1.807, 2.05) is 4.68 Å². The zero-order valence-electron chi connectivity index (χ0n) is 9.94. The molecule has 0 aliphatic rings. The zero-order valence-corrected chi connectivity index (χ0v) is 11.4. The van der Waals surface area contributed by atoms with E-state index in [9.17, 15) is 0 Å². The maximum atomic E-state index is 6.01. The molecule has 0 bridgehead atoms. The summed E-state index contributed by atoms with van der Waals surface area (Å²) in [6.45, 7) is 3.22. The van der Waals surface area contributed by atoms with Crippen LogP contribution in [0.4, 0.5) is 0 Å². The maximum Gasteiger partial charge on any atom is 0.164 e. The summed E-state index contributed by atoms with van der Waals surface area (Å²) < 4.78 is 7.43. The minimum Gasteiger partial charge on any atom is -0.484 e. The molecule has 0 unspecified atom stereocenters. The van der Waals surface area contributed by atoms with E-state index in [1.165, 1.54) is 6.33 Å². The second kappa shape index (κ2) is 6.07. The van der Waals surface area contributed by atoms with Crippen molar-refractivity contribution in [3.8, 4) is 5.75 Å². The first kappa shape index (κ1) is 13.2. The van der Waals surface area contributed by atoms with Gasteiger partial charge >= 0.3 is 0 Å². The van der Waals surface area contributed by atoms with Crippen LogP contribution in [0.1, 0.15) is 19.2 Å². The van der Waals surface area contributed by atoms with Gasteiger partial charge in [0.25, 0.3) is 0 Å². The van der Waals surface area contributed by atoms with Gasteiger partial charge in [0.2, 0.25) is 0 Å². The lowest BCUT2D eigenvalue weighted by Gasteiger charge is -2.08. The molecule has 96 valence electrons. The molecule has 4 nitrogen and oxygen atoms in total. The molecule has 0 radical (unpaired) electrons. The molecular weight excluding hydrogens is 273 g/mol. The second-order valence-electron chi connectivity index (χ2n) is 3.76. The zero-order chi connectivity index (χ0) is 13.0. The van der Waals surface area contributed by atoms with Gasteiger partial charge in [0.05, 0.1) is 5.02 Å². The van der Waals surface area contributed by atoms with E-state index in [-0.39, 0.29) is 0 Å². The lowest BCUT2D eigenvalue weighted by Crippen LogP contribution is -2.08. The van der Waals surface area contributed by atoms with Crippen LogP contribution in [0.25, 0.3) is 0 Å². The molecule has 0 amide bonds. The summed E-state index contributed by atoms with van der Waals surface area (Å²) >= 11 is 11.9. The van der Waals surface area contributed by atoms with Crippen LogP contribution in [-0.2, 0) is 13.2 Å². The molecule has 0 saturated heterocycles. The van der Waals surface area contributed by atoms with Crippen molar-refractivity contribution in [2.24, 2.45) is 0 Å². The van der Waals surface area contributed by atoms with Crippen LogP contribution in [0.2, 0.25) is 10.0 Å². The summed E-state index contributed by atoms with van der Waals surface area (Å²) in [5, 5.41) is 5.24. The molecule has 18 heavy (non-hydrogen) atoms. The van der Waals surface area contributed by atoms with E-state index in [4.69, 9.17) is 27.9 Å². The van der Waals surface area contributed by atoms with Gasteiger partial charge in [-0.05, 0) is 18.6 Å². The molecule has 0 aliphatic carbocycles. The van der Waals surface area contributed by atoms with Crippen LogP contribution in [0.3, 0.4) is 0 Å². The van der Waals surface area contributed by atoms with Gasteiger partial charge < -0.3 is 4.74 Å². The monoisotopic (exact) mass is 285 g/mol. The van der Waals surface area contributed by atoms with Gasteiger partial charge in [0.1, 0.15) is 18.7 Å². The Hall–Kier alpha value is -1.26. The van der Waals surface area contributed by atoms with Gasteiger partial charge in [0, 0.05) is 17.6 Å². The second-order valence-corrected chi connectivity index (χ2v) is 4.61. The van der Waals surface area contributed by atoms with Crippen LogP contribution in [0.15, 0.2) is 24.5 Å². The van der Waals surface area contributed by atoms with E-state index in [2.05, 4.69) is 17.0 Å². The SMILES string of the molecule is CCCn1ncnc1COc1cc(Cl)ccc1Cl. The summed E-state index contributed by atoms with van der Waals surface area (Å²) in [5.41, 5.74) is 0. The number of hydrogen-bond donors (Lipinski definition) is 0. The van der Waals surface area contributed by atoms with Crippen molar-refractivity contribution in [2.75, 3.05) is 0 Å². The molecular formula is C12H13Cl2N3O. The predicted octanol–water partition coefficient (Wildman–Crippen LogP) is 3.57. The average molecular weight is 286 g/mol. The number of rotatable bonds is 5. The van der Waals surface area contributed by atoms with Crippen LogP contribution >= 0.6 is 23.2 Å². The van der Waals surface area contributed by atoms with Crippen molar-refractivity contribution in [3.63, 3.8) is 0 Å². The fourth-order valence-electron chi connectivity index (χ4n) is 1.53. The highest BCUT2D eigenvalue weighted by Crippen LogP contribution is 2.28. The van der Waals surface area contributed by atoms with Crippen molar-refractivity contribution < 1.29 is 4.74 Å². The summed E-state index contributed by atoms with van der Waals surface area (Å²) in [6.07, 6.45) is 2.52. The Bertz CT molecular complexity index is 528. The fraction of sp³-hybridized carbons (Fsp3) is 0.333. The molecule has 0 atom stereocenters. The van der Waals surface area contributed by atoms with Crippen molar-refractivity contribution in [1.29, 1.82) is 0 Å². The first-order chi connectivity index (χ1) is 8.70. The van der Waals surface area contributed by atoms with E-state index in [1.54, 1.807) is 18.2 Å². The maximum absolute atomic E-state index is 6.01. The summed E-state index contributed by atoms with van der Waals surface area (Å²) in [5.74, 6) is 1.32. The van der Waals surface area contributed by atoms with Gasteiger partial charge in [-0.25, -0.2) is 9.67 Å². The minimum absolute atomic E-state index is 0.320. The van der Waals surface area contributed by atoms with Crippen molar-refractivity contribution in [2.45, 2.75) is 26.5 Å². The first-order valence-corrected chi connectivity index (χ1v) is 6.41. The molecule has 1 heterocycles. The van der Waals surface area contributed by atoms with Crippen LogP contribution in [0.5, 0.6) is 5.75 Å². The van der Waals surface area contributed by atoms with E-state index < -0.39 is 0 Å². The Morgan fingerprint density at radius 1 is 1.33 bits per heavy atom. The molecule has 0 aliphatic heterocycles. The number of ether oxygens (including phenoxy) is 1. The fourth-order valence-corrected chi connectivity index (χ4v) is 1.86. The van der Waals surface area contributed by atoms with Gasteiger partial charge in [-0.3, -0.25) is 0 Å².